The molecule has 1 aliphatic heterocycles. The minimum Gasteiger partial charge on any atom is -0.456 e. The van der Waals surface area contributed by atoms with Crippen molar-refractivity contribution in [3.63, 3.8) is 0 Å². The second-order valence-electron chi connectivity index (χ2n) is 7.80. The van der Waals surface area contributed by atoms with Gasteiger partial charge in [0.25, 0.3) is 0 Å². The number of rotatable bonds is 8. The molecule has 0 unspecified atom stereocenters. The SMILES string of the molecule is N=c1c2cc(CN3CCN(CCOCCO)CC3)ccc2oc2cccc(C(N)=O)c12. The molecule has 31 heavy (non-hydrogen) atoms. The smallest absolute Gasteiger partial charge is 0.249 e. The number of nitrogens with one attached hydrogen (secondary N) is 1. The first kappa shape index (κ1) is 21.5. The van der Waals surface area contributed by atoms with E-state index in [2.05, 4.69) is 9.80 Å². The molecule has 4 rings (SSSR count). The van der Waals surface area contributed by atoms with E-state index in [9.17, 15) is 4.79 Å². The number of hydrogen-bond acceptors (Lipinski definition) is 7. The van der Waals surface area contributed by atoms with Gasteiger partial charge in [-0.2, -0.15) is 0 Å². The Bertz CT molecular complexity index is 1140. The molecule has 0 saturated carbocycles. The van der Waals surface area contributed by atoms with E-state index in [1.807, 2.05) is 18.2 Å². The van der Waals surface area contributed by atoms with Crippen molar-refractivity contribution >= 4 is 27.8 Å². The number of benzene rings is 2. The third-order valence-corrected chi connectivity index (χ3v) is 5.73. The van der Waals surface area contributed by atoms with Crippen molar-refractivity contribution in [1.82, 2.24) is 9.80 Å². The minimum absolute atomic E-state index is 0.0620. The zero-order valence-corrected chi connectivity index (χ0v) is 17.5. The van der Waals surface area contributed by atoms with Gasteiger partial charge in [0.05, 0.1) is 36.1 Å². The number of fused-ring (bicyclic) bond motifs is 2. The third kappa shape index (κ3) is 4.77. The summed E-state index contributed by atoms with van der Waals surface area (Å²) in [5.41, 5.74) is 8.02. The average Bonchev–Trinajstić information content (AvgIpc) is 2.78. The van der Waals surface area contributed by atoms with Gasteiger partial charge in [-0.15, -0.1) is 0 Å². The van der Waals surface area contributed by atoms with Crippen molar-refractivity contribution in [3.8, 4) is 0 Å². The number of piperazine rings is 1. The minimum atomic E-state index is -0.565. The predicted octanol–water partition coefficient (Wildman–Crippen LogP) is 1.29. The first-order chi connectivity index (χ1) is 15.1. The molecule has 164 valence electrons. The Balaban J connectivity index is 1.49. The number of aliphatic hydroxyl groups is 1. The highest BCUT2D eigenvalue weighted by atomic mass is 16.5. The lowest BCUT2D eigenvalue weighted by atomic mass is 10.0. The van der Waals surface area contributed by atoms with E-state index in [4.69, 9.17) is 25.4 Å². The maximum atomic E-state index is 11.8. The number of aliphatic hydroxyl groups excluding tert-OH is 1. The molecule has 2 heterocycles. The summed E-state index contributed by atoms with van der Waals surface area (Å²) < 4.78 is 11.3. The summed E-state index contributed by atoms with van der Waals surface area (Å²) in [6, 6.07) is 11.0. The lowest BCUT2D eigenvalue weighted by molar-refractivity contribution is 0.0564. The quantitative estimate of drug-likeness (QED) is 0.371. The normalized spacial score (nSPS) is 15.6. The van der Waals surface area contributed by atoms with E-state index in [-0.39, 0.29) is 12.0 Å². The van der Waals surface area contributed by atoms with Crippen LogP contribution in [0.5, 0.6) is 0 Å². The molecule has 1 aromatic heterocycles. The number of carbonyl (C=O) groups is 1. The highest BCUT2D eigenvalue weighted by Crippen LogP contribution is 2.22. The summed E-state index contributed by atoms with van der Waals surface area (Å²) in [5.74, 6) is -0.565. The van der Waals surface area contributed by atoms with Gasteiger partial charge in [-0.05, 0) is 29.8 Å². The molecule has 0 radical (unpaired) electrons. The van der Waals surface area contributed by atoms with Gasteiger partial charge >= 0.3 is 0 Å². The van der Waals surface area contributed by atoms with Gasteiger partial charge in [-0.3, -0.25) is 20.0 Å². The molecule has 0 aliphatic carbocycles. The summed E-state index contributed by atoms with van der Waals surface area (Å²) >= 11 is 0. The molecule has 1 amide bonds. The summed E-state index contributed by atoms with van der Waals surface area (Å²) in [7, 11) is 0. The Morgan fingerprint density at radius 2 is 1.87 bits per heavy atom. The largest absolute Gasteiger partial charge is 0.456 e. The number of carbonyl (C=O) groups excluding carboxylic acids is 1. The van der Waals surface area contributed by atoms with E-state index in [1.165, 1.54) is 0 Å². The second kappa shape index (κ2) is 9.57. The van der Waals surface area contributed by atoms with Crippen LogP contribution in [0.1, 0.15) is 15.9 Å². The van der Waals surface area contributed by atoms with E-state index in [0.717, 1.165) is 44.8 Å². The van der Waals surface area contributed by atoms with Crippen molar-refractivity contribution in [3.05, 3.63) is 52.9 Å². The summed E-state index contributed by atoms with van der Waals surface area (Å²) in [4.78, 5) is 16.6. The fourth-order valence-corrected chi connectivity index (χ4v) is 4.08. The van der Waals surface area contributed by atoms with Crippen LogP contribution in [-0.2, 0) is 11.3 Å². The van der Waals surface area contributed by atoms with Crippen molar-refractivity contribution in [1.29, 1.82) is 5.41 Å². The third-order valence-electron chi connectivity index (χ3n) is 5.73. The van der Waals surface area contributed by atoms with Gasteiger partial charge in [-0.1, -0.05) is 12.1 Å². The number of hydrogen-bond donors (Lipinski definition) is 3. The molecule has 0 spiro atoms. The molecule has 2 aromatic carbocycles. The van der Waals surface area contributed by atoms with Crippen molar-refractivity contribution in [2.75, 3.05) is 52.5 Å². The Kier molecular flexibility index (Phi) is 6.62. The molecule has 1 saturated heterocycles. The van der Waals surface area contributed by atoms with Crippen molar-refractivity contribution < 1.29 is 19.1 Å². The highest BCUT2D eigenvalue weighted by Gasteiger charge is 2.18. The molecule has 1 aliphatic rings. The number of ether oxygens (including phenoxy) is 1. The Morgan fingerprint density at radius 1 is 1.10 bits per heavy atom. The first-order valence-electron chi connectivity index (χ1n) is 10.5. The number of nitrogens with zero attached hydrogens (tertiary/aromatic N) is 2. The monoisotopic (exact) mass is 424 g/mol. The van der Waals surface area contributed by atoms with E-state index >= 15 is 0 Å². The molecule has 4 N–H and O–H groups in total. The lowest BCUT2D eigenvalue weighted by Gasteiger charge is -2.34. The predicted molar refractivity (Wildman–Crippen MR) is 118 cm³/mol. The molecule has 1 fully saturated rings. The molecular formula is C23H28N4O4. The number of amides is 1. The Hall–Kier alpha value is -2.78. The standard InChI is InChI=1S/C23H28N4O4/c24-22-18-14-16(15-27-8-6-26(7-9-27)10-12-30-13-11-28)4-5-19(18)31-20-3-1-2-17(21(20)22)23(25)29/h1-5,14,24,28H,6-13,15H2,(H2,25,29). The fraction of sp³-hybridized carbons (Fsp3) is 0.391. The van der Waals surface area contributed by atoms with Gasteiger partial charge in [-0.25, -0.2) is 0 Å². The average molecular weight is 425 g/mol. The molecular weight excluding hydrogens is 396 g/mol. The van der Waals surface area contributed by atoms with E-state index in [1.54, 1.807) is 18.2 Å². The van der Waals surface area contributed by atoms with Crippen LogP contribution in [-0.4, -0.2) is 73.4 Å². The Morgan fingerprint density at radius 3 is 2.61 bits per heavy atom. The maximum absolute atomic E-state index is 11.8. The molecule has 0 bridgehead atoms. The van der Waals surface area contributed by atoms with E-state index in [0.29, 0.717) is 40.7 Å². The lowest BCUT2D eigenvalue weighted by Crippen LogP contribution is -2.46. The maximum Gasteiger partial charge on any atom is 0.249 e. The van der Waals surface area contributed by atoms with Gasteiger partial charge < -0.3 is 20.0 Å². The molecule has 8 nitrogen and oxygen atoms in total. The highest BCUT2D eigenvalue weighted by molar-refractivity contribution is 6.06. The van der Waals surface area contributed by atoms with Crippen LogP contribution < -0.4 is 11.1 Å². The van der Waals surface area contributed by atoms with Crippen molar-refractivity contribution in [2.45, 2.75) is 6.54 Å². The van der Waals surface area contributed by atoms with Gasteiger partial charge in [0.15, 0.2) is 0 Å². The number of nitrogens with two attached hydrogens (primary N) is 1. The summed E-state index contributed by atoms with van der Waals surface area (Å²) in [6.45, 7) is 6.63. The molecule has 8 heteroatoms. The van der Waals surface area contributed by atoms with Crippen LogP contribution >= 0.6 is 0 Å². The van der Waals surface area contributed by atoms with Crippen molar-refractivity contribution in [2.24, 2.45) is 5.73 Å². The fourth-order valence-electron chi connectivity index (χ4n) is 4.08. The molecule has 3 aromatic rings. The van der Waals surface area contributed by atoms with Crippen LogP contribution in [0.15, 0.2) is 40.8 Å². The van der Waals surface area contributed by atoms with Gasteiger partial charge in [0.1, 0.15) is 11.2 Å². The Labute approximate surface area is 180 Å². The topological polar surface area (TPSA) is 116 Å². The van der Waals surface area contributed by atoms with E-state index < -0.39 is 5.91 Å². The van der Waals surface area contributed by atoms with Crippen LogP contribution in [0, 0.1) is 5.41 Å². The van der Waals surface area contributed by atoms with Gasteiger partial charge in [0.2, 0.25) is 5.91 Å². The zero-order valence-electron chi connectivity index (χ0n) is 17.5. The van der Waals surface area contributed by atoms with Crippen LogP contribution in [0.3, 0.4) is 0 Å². The first-order valence-corrected chi connectivity index (χ1v) is 10.5. The summed E-state index contributed by atoms with van der Waals surface area (Å²) in [5, 5.41) is 18.9. The van der Waals surface area contributed by atoms with Crippen LogP contribution in [0.2, 0.25) is 0 Å². The number of primary amides is 1. The second-order valence-corrected chi connectivity index (χ2v) is 7.80. The van der Waals surface area contributed by atoms with Crippen LogP contribution in [0.4, 0.5) is 0 Å². The summed E-state index contributed by atoms with van der Waals surface area (Å²) in [6.07, 6.45) is 0. The van der Waals surface area contributed by atoms with Gasteiger partial charge in [0, 0.05) is 44.7 Å². The molecule has 0 atom stereocenters. The van der Waals surface area contributed by atoms with Crippen LogP contribution in [0.25, 0.3) is 21.9 Å². The zero-order chi connectivity index (χ0) is 21.8.